The van der Waals surface area contributed by atoms with Crippen molar-refractivity contribution in [3.8, 4) is 0 Å². The normalized spacial score (nSPS) is 17.4. The molecule has 1 aliphatic rings. The molecule has 1 fully saturated rings. The van der Waals surface area contributed by atoms with E-state index in [4.69, 9.17) is 0 Å². The number of hydrogen-bond donors (Lipinski definition) is 2. The summed E-state index contributed by atoms with van der Waals surface area (Å²) in [5.74, 6) is 1.64. The van der Waals surface area contributed by atoms with Crippen molar-refractivity contribution >= 4 is 22.9 Å². The number of imidazole rings is 1. The quantitative estimate of drug-likeness (QED) is 0.736. The Morgan fingerprint density at radius 2 is 2.08 bits per heavy atom. The number of aromatic amines is 1. The molecule has 1 amide bonds. The molecule has 1 aromatic carbocycles. The zero-order valence-electron chi connectivity index (χ0n) is 14.6. The number of piperidine rings is 1. The van der Waals surface area contributed by atoms with E-state index in [2.05, 4.69) is 30.2 Å². The standard InChI is InChI=1S/C19H22N6O/c26-18(9-8-17-23-15-6-1-2-7-16(15)24-17)22-14-5-3-12-25(13-14)19-20-10-4-11-21-19/h1-2,4,6-7,10-11,14H,3,5,8-9,12-13H2,(H,22,26)(H,23,24)/t14-/m0/s1. The number of benzene rings is 1. The first-order chi connectivity index (χ1) is 12.8. The van der Waals surface area contributed by atoms with Crippen molar-refractivity contribution in [2.45, 2.75) is 31.7 Å². The minimum Gasteiger partial charge on any atom is -0.352 e. The smallest absolute Gasteiger partial charge is 0.225 e. The molecule has 7 nitrogen and oxygen atoms in total. The molecule has 0 unspecified atom stereocenters. The summed E-state index contributed by atoms with van der Waals surface area (Å²) in [5.41, 5.74) is 1.95. The van der Waals surface area contributed by atoms with Crippen molar-refractivity contribution in [3.05, 3.63) is 48.5 Å². The van der Waals surface area contributed by atoms with Crippen LogP contribution in [0.15, 0.2) is 42.7 Å². The molecule has 0 saturated carbocycles. The maximum Gasteiger partial charge on any atom is 0.225 e. The van der Waals surface area contributed by atoms with Gasteiger partial charge in [0.15, 0.2) is 0 Å². The van der Waals surface area contributed by atoms with Crippen LogP contribution in [0.2, 0.25) is 0 Å². The topological polar surface area (TPSA) is 86.8 Å². The summed E-state index contributed by atoms with van der Waals surface area (Å²) in [6.45, 7) is 1.68. The van der Waals surface area contributed by atoms with Gasteiger partial charge in [-0.25, -0.2) is 15.0 Å². The van der Waals surface area contributed by atoms with Crippen LogP contribution in [0.3, 0.4) is 0 Å². The number of anilines is 1. The summed E-state index contributed by atoms with van der Waals surface area (Å²) in [6, 6.07) is 9.85. The van der Waals surface area contributed by atoms with Crippen molar-refractivity contribution < 1.29 is 4.79 Å². The van der Waals surface area contributed by atoms with E-state index in [0.717, 1.165) is 48.7 Å². The fourth-order valence-corrected chi connectivity index (χ4v) is 3.39. The minimum absolute atomic E-state index is 0.0614. The number of carbonyl (C=O) groups is 1. The molecule has 2 N–H and O–H groups in total. The molecule has 3 aromatic rings. The molecule has 134 valence electrons. The number of rotatable bonds is 5. The molecule has 0 radical (unpaired) electrons. The largest absolute Gasteiger partial charge is 0.352 e. The molecule has 1 atom stereocenters. The van der Waals surface area contributed by atoms with E-state index in [9.17, 15) is 4.79 Å². The van der Waals surface area contributed by atoms with Gasteiger partial charge in [-0.2, -0.15) is 0 Å². The number of aromatic nitrogens is 4. The van der Waals surface area contributed by atoms with Crippen molar-refractivity contribution in [2.75, 3.05) is 18.0 Å². The third-order valence-corrected chi connectivity index (χ3v) is 4.65. The van der Waals surface area contributed by atoms with Crippen LogP contribution in [0.25, 0.3) is 11.0 Å². The van der Waals surface area contributed by atoms with E-state index in [1.54, 1.807) is 12.4 Å². The average molecular weight is 350 g/mol. The van der Waals surface area contributed by atoms with Crippen LogP contribution in [-0.4, -0.2) is 45.0 Å². The first-order valence-electron chi connectivity index (χ1n) is 9.03. The van der Waals surface area contributed by atoms with E-state index in [1.165, 1.54) is 0 Å². The monoisotopic (exact) mass is 350 g/mol. The number of H-pyrrole nitrogens is 1. The lowest BCUT2D eigenvalue weighted by atomic mass is 10.1. The average Bonchev–Trinajstić information content (AvgIpc) is 3.10. The lowest BCUT2D eigenvalue weighted by molar-refractivity contribution is -0.121. The molecular weight excluding hydrogens is 328 g/mol. The van der Waals surface area contributed by atoms with Gasteiger partial charge in [0, 0.05) is 44.4 Å². The number of nitrogens with zero attached hydrogens (tertiary/aromatic N) is 4. The predicted molar refractivity (Wildman–Crippen MR) is 99.8 cm³/mol. The Bertz CT molecular complexity index is 845. The van der Waals surface area contributed by atoms with Gasteiger partial charge in [-0.15, -0.1) is 0 Å². The first kappa shape index (κ1) is 16.5. The van der Waals surface area contributed by atoms with Gasteiger partial charge in [0.25, 0.3) is 0 Å². The van der Waals surface area contributed by atoms with E-state index in [-0.39, 0.29) is 11.9 Å². The van der Waals surface area contributed by atoms with Crippen LogP contribution >= 0.6 is 0 Å². The van der Waals surface area contributed by atoms with Gasteiger partial charge in [-0.05, 0) is 31.0 Å². The van der Waals surface area contributed by atoms with Gasteiger partial charge >= 0.3 is 0 Å². The fourth-order valence-electron chi connectivity index (χ4n) is 3.39. The summed E-state index contributed by atoms with van der Waals surface area (Å²) in [7, 11) is 0. The maximum absolute atomic E-state index is 12.3. The van der Waals surface area contributed by atoms with Crippen LogP contribution < -0.4 is 10.2 Å². The van der Waals surface area contributed by atoms with Gasteiger partial charge in [0.05, 0.1) is 11.0 Å². The fraction of sp³-hybridized carbons (Fsp3) is 0.368. The molecule has 1 aliphatic heterocycles. The number of amides is 1. The first-order valence-corrected chi connectivity index (χ1v) is 9.03. The highest BCUT2D eigenvalue weighted by Gasteiger charge is 2.22. The maximum atomic E-state index is 12.3. The van der Waals surface area contributed by atoms with Crippen LogP contribution in [-0.2, 0) is 11.2 Å². The molecule has 0 spiro atoms. The summed E-state index contributed by atoms with van der Waals surface area (Å²) in [6.07, 6.45) is 6.54. The van der Waals surface area contributed by atoms with Gasteiger partial charge < -0.3 is 15.2 Å². The van der Waals surface area contributed by atoms with Crippen LogP contribution in [0.4, 0.5) is 5.95 Å². The third kappa shape index (κ3) is 3.82. The second-order valence-electron chi connectivity index (χ2n) is 6.60. The number of aryl methyl sites for hydroxylation is 1. The number of nitrogens with one attached hydrogen (secondary N) is 2. The highest BCUT2D eigenvalue weighted by molar-refractivity contribution is 5.77. The number of para-hydroxylation sites is 2. The van der Waals surface area contributed by atoms with Crippen LogP contribution in [0, 0.1) is 0 Å². The highest BCUT2D eigenvalue weighted by atomic mass is 16.1. The molecule has 4 rings (SSSR count). The van der Waals surface area contributed by atoms with Crippen LogP contribution in [0.5, 0.6) is 0 Å². The molecular formula is C19H22N6O. The molecule has 2 aromatic heterocycles. The summed E-state index contributed by atoms with van der Waals surface area (Å²) >= 11 is 0. The summed E-state index contributed by atoms with van der Waals surface area (Å²) in [5, 5.41) is 3.14. The molecule has 0 aliphatic carbocycles. The number of fused-ring (bicyclic) bond motifs is 1. The van der Waals surface area contributed by atoms with Crippen LogP contribution in [0.1, 0.15) is 25.1 Å². The number of hydrogen-bond acceptors (Lipinski definition) is 5. The van der Waals surface area contributed by atoms with E-state index in [0.29, 0.717) is 12.8 Å². The van der Waals surface area contributed by atoms with Crippen molar-refractivity contribution in [2.24, 2.45) is 0 Å². The predicted octanol–water partition coefficient (Wildman–Crippen LogP) is 2.07. The van der Waals surface area contributed by atoms with Gasteiger partial charge in [-0.3, -0.25) is 4.79 Å². The SMILES string of the molecule is O=C(CCc1nc2ccccc2[nH]1)N[C@H]1CCCN(c2ncccn2)C1. The zero-order chi connectivity index (χ0) is 17.8. The van der Waals surface area contributed by atoms with Crippen molar-refractivity contribution in [1.29, 1.82) is 0 Å². The molecule has 26 heavy (non-hydrogen) atoms. The Morgan fingerprint density at radius 3 is 2.92 bits per heavy atom. The second-order valence-corrected chi connectivity index (χ2v) is 6.60. The lowest BCUT2D eigenvalue weighted by Crippen LogP contribution is -2.48. The zero-order valence-corrected chi connectivity index (χ0v) is 14.6. The Morgan fingerprint density at radius 1 is 1.23 bits per heavy atom. The summed E-state index contributed by atoms with van der Waals surface area (Å²) < 4.78 is 0. The summed E-state index contributed by atoms with van der Waals surface area (Å²) in [4.78, 5) is 30.9. The van der Waals surface area contributed by atoms with E-state index in [1.807, 2.05) is 30.3 Å². The van der Waals surface area contributed by atoms with Gasteiger partial charge in [-0.1, -0.05) is 12.1 Å². The molecule has 1 saturated heterocycles. The van der Waals surface area contributed by atoms with Crippen molar-refractivity contribution in [1.82, 2.24) is 25.3 Å². The Balaban J connectivity index is 1.30. The Hall–Kier alpha value is -2.96. The van der Waals surface area contributed by atoms with Gasteiger partial charge in [0.2, 0.25) is 11.9 Å². The Labute approximate surface area is 151 Å². The van der Waals surface area contributed by atoms with Crippen molar-refractivity contribution in [3.63, 3.8) is 0 Å². The lowest BCUT2D eigenvalue weighted by Gasteiger charge is -2.33. The van der Waals surface area contributed by atoms with Gasteiger partial charge in [0.1, 0.15) is 5.82 Å². The highest BCUT2D eigenvalue weighted by Crippen LogP contribution is 2.16. The van der Waals surface area contributed by atoms with E-state index < -0.39 is 0 Å². The Kier molecular flexibility index (Phi) is 4.77. The molecule has 7 heteroatoms. The third-order valence-electron chi connectivity index (χ3n) is 4.65. The molecule has 3 heterocycles. The van der Waals surface area contributed by atoms with E-state index >= 15 is 0 Å². The minimum atomic E-state index is 0.0614. The molecule has 0 bridgehead atoms. The number of carbonyl (C=O) groups excluding carboxylic acids is 1. The second kappa shape index (κ2) is 7.51.